The van der Waals surface area contributed by atoms with Gasteiger partial charge in [-0.25, -0.2) is 4.79 Å². The molecule has 2 fully saturated rings. The molecule has 15 heavy (non-hydrogen) atoms. The van der Waals surface area contributed by atoms with Crippen LogP contribution >= 0.6 is 0 Å². The first kappa shape index (κ1) is 10.5. The lowest BCUT2D eigenvalue weighted by Gasteiger charge is -2.40. The van der Waals surface area contributed by atoms with E-state index in [0.29, 0.717) is 6.61 Å². The largest absolute Gasteiger partial charge is 0.450 e. The number of fused-ring (bicyclic) bond motifs is 2. The van der Waals surface area contributed by atoms with Gasteiger partial charge >= 0.3 is 6.09 Å². The van der Waals surface area contributed by atoms with Gasteiger partial charge in [-0.3, -0.25) is 4.90 Å². The highest BCUT2D eigenvalue weighted by Gasteiger charge is 2.51. The van der Waals surface area contributed by atoms with Crippen LogP contribution in [-0.2, 0) is 9.53 Å². The van der Waals surface area contributed by atoms with Crippen molar-refractivity contribution in [3.63, 3.8) is 0 Å². The zero-order valence-electron chi connectivity index (χ0n) is 9.07. The number of hydrogen-bond donors (Lipinski definition) is 0. The lowest BCUT2D eigenvalue weighted by Crippen LogP contribution is -2.54. The van der Waals surface area contributed by atoms with Gasteiger partial charge in [-0.15, -0.1) is 0 Å². The summed E-state index contributed by atoms with van der Waals surface area (Å²) in [7, 11) is 0. The van der Waals surface area contributed by atoms with E-state index in [1.807, 2.05) is 0 Å². The first-order chi connectivity index (χ1) is 7.23. The quantitative estimate of drug-likeness (QED) is 0.653. The molecule has 2 saturated heterocycles. The molecule has 0 saturated carbocycles. The van der Waals surface area contributed by atoms with E-state index >= 15 is 0 Å². The summed E-state index contributed by atoms with van der Waals surface area (Å²) in [6, 6.07) is 0.225. The van der Waals surface area contributed by atoms with Crippen molar-refractivity contribution >= 4 is 12.4 Å². The molecule has 4 nitrogen and oxygen atoms in total. The molecule has 0 aliphatic carbocycles. The van der Waals surface area contributed by atoms with Crippen LogP contribution in [-0.4, -0.2) is 35.5 Å². The van der Waals surface area contributed by atoms with E-state index < -0.39 is 5.54 Å². The van der Waals surface area contributed by atoms with Gasteiger partial charge < -0.3 is 9.53 Å². The summed E-state index contributed by atoms with van der Waals surface area (Å²) in [4.78, 5) is 24.7. The maximum atomic E-state index is 11.8. The highest BCUT2D eigenvalue weighted by Crippen LogP contribution is 2.43. The topological polar surface area (TPSA) is 46.6 Å². The molecule has 0 aromatic carbocycles. The molecule has 0 spiro atoms. The minimum atomic E-state index is -0.546. The number of rotatable bonds is 2. The normalized spacial score (nSPS) is 33.9. The van der Waals surface area contributed by atoms with Crippen LogP contribution < -0.4 is 0 Å². The van der Waals surface area contributed by atoms with Crippen molar-refractivity contribution in [3.05, 3.63) is 0 Å². The number of carbonyl (C=O) groups is 2. The van der Waals surface area contributed by atoms with Crippen LogP contribution in [0.1, 0.15) is 39.0 Å². The maximum Gasteiger partial charge on any atom is 0.410 e. The van der Waals surface area contributed by atoms with Crippen LogP contribution in [0.4, 0.5) is 4.79 Å². The van der Waals surface area contributed by atoms with Crippen molar-refractivity contribution in [3.8, 4) is 0 Å². The number of piperidine rings is 1. The van der Waals surface area contributed by atoms with Crippen LogP contribution in [0.15, 0.2) is 0 Å². The van der Waals surface area contributed by atoms with Gasteiger partial charge in [0.25, 0.3) is 0 Å². The van der Waals surface area contributed by atoms with Crippen LogP contribution in [0.25, 0.3) is 0 Å². The van der Waals surface area contributed by atoms with Crippen LogP contribution in [0.5, 0.6) is 0 Å². The van der Waals surface area contributed by atoms with E-state index in [4.69, 9.17) is 4.74 Å². The number of aldehydes is 1. The lowest BCUT2D eigenvalue weighted by molar-refractivity contribution is -0.118. The van der Waals surface area contributed by atoms with Crippen molar-refractivity contribution < 1.29 is 14.3 Å². The molecule has 2 atom stereocenters. The Morgan fingerprint density at radius 3 is 3.00 bits per heavy atom. The summed E-state index contributed by atoms with van der Waals surface area (Å²) in [6.45, 7) is 2.16. The molecule has 84 valence electrons. The third-order valence-electron chi connectivity index (χ3n) is 3.59. The molecule has 2 unspecified atom stereocenters. The average Bonchev–Trinajstić information content (AvgIpc) is 2.47. The number of nitrogens with zero attached hydrogens (tertiary/aromatic N) is 1. The standard InChI is InChI=1S/C11H17NO3/c1-2-15-10(14)12-9-4-3-6-11(12,8-13)7-5-9/h8-9H,2-7H2,1H3. The van der Waals surface area contributed by atoms with E-state index in [1.54, 1.807) is 11.8 Å². The summed E-state index contributed by atoms with van der Waals surface area (Å²) in [5.41, 5.74) is -0.546. The average molecular weight is 211 g/mol. The van der Waals surface area contributed by atoms with E-state index in [0.717, 1.165) is 38.4 Å². The van der Waals surface area contributed by atoms with Gasteiger partial charge in [-0.05, 0) is 39.0 Å². The highest BCUT2D eigenvalue weighted by molar-refractivity contribution is 5.78. The van der Waals surface area contributed by atoms with Crippen LogP contribution in [0.2, 0.25) is 0 Å². The SMILES string of the molecule is CCOC(=O)N1C2CCCC1(C=O)CC2. The van der Waals surface area contributed by atoms with Gasteiger partial charge in [0.1, 0.15) is 11.8 Å². The van der Waals surface area contributed by atoms with Gasteiger partial charge in [-0.2, -0.15) is 0 Å². The van der Waals surface area contributed by atoms with Crippen molar-refractivity contribution in [2.45, 2.75) is 50.6 Å². The van der Waals surface area contributed by atoms with Gasteiger partial charge in [0.15, 0.2) is 0 Å². The highest BCUT2D eigenvalue weighted by atomic mass is 16.6. The Bertz CT molecular complexity index is 275. The molecule has 0 radical (unpaired) electrons. The van der Waals surface area contributed by atoms with Gasteiger partial charge in [0.2, 0.25) is 0 Å². The monoisotopic (exact) mass is 211 g/mol. The molecule has 2 aliphatic heterocycles. The van der Waals surface area contributed by atoms with E-state index in [1.165, 1.54) is 0 Å². The zero-order chi connectivity index (χ0) is 10.9. The minimum Gasteiger partial charge on any atom is -0.450 e. The summed E-state index contributed by atoms with van der Waals surface area (Å²) < 4.78 is 5.02. The fourth-order valence-electron chi connectivity index (χ4n) is 2.89. The molecule has 0 aromatic heterocycles. The Hall–Kier alpha value is -1.06. The third-order valence-corrected chi connectivity index (χ3v) is 3.59. The Kier molecular flexibility index (Phi) is 2.67. The number of hydrogen-bond acceptors (Lipinski definition) is 3. The summed E-state index contributed by atoms with van der Waals surface area (Å²) in [6.07, 6.45) is 5.23. The summed E-state index contributed by atoms with van der Waals surface area (Å²) in [5, 5.41) is 0. The second-order valence-electron chi connectivity index (χ2n) is 4.38. The van der Waals surface area contributed by atoms with Gasteiger partial charge in [-0.1, -0.05) is 0 Å². The molecule has 2 heterocycles. The molecule has 2 rings (SSSR count). The van der Waals surface area contributed by atoms with Gasteiger partial charge in [0, 0.05) is 6.04 Å². The second-order valence-corrected chi connectivity index (χ2v) is 4.38. The van der Waals surface area contributed by atoms with E-state index in [9.17, 15) is 9.59 Å². The Labute approximate surface area is 89.6 Å². The van der Waals surface area contributed by atoms with Crippen molar-refractivity contribution in [2.24, 2.45) is 0 Å². The first-order valence-corrected chi connectivity index (χ1v) is 5.66. The molecule has 0 N–H and O–H groups in total. The van der Waals surface area contributed by atoms with Crippen molar-refractivity contribution in [1.29, 1.82) is 0 Å². The fraction of sp³-hybridized carbons (Fsp3) is 0.818. The zero-order valence-corrected chi connectivity index (χ0v) is 9.07. The van der Waals surface area contributed by atoms with Crippen LogP contribution in [0, 0.1) is 0 Å². The number of carbonyl (C=O) groups excluding carboxylic acids is 2. The predicted octanol–water partition coefficient (Wildman–Crippen LogP) is 1.73. The molecule has 0 aromatic rings. The summed E-state index contributed by atoms with van der Waals surface area (Å²) >= 11 is 0. The number of amides is 1. The molecule has 2 aliphatic rings. The Morgan fingerprint density at radius 1 is 1.53 bits per heavy atom. The first-order valence-electron chi connectivity index (χ1n) is 5.66. The Balaban J connectivity index is 2.21. The Morgan fingerprint density at radius 2 is 2.33 bits per heavy atom. The smallest absolute Gasteiger partial charge is 0.410 e. The molecular formula is C11H17NO3. The molecule has 1 amide bonds. The minimum absolute atomic E-state index is 0.225. The number of ether oxygens (including phenoxy) is 1. The van der Waals surface area contributed by atoms with Crippen molar-refractivity contribution in [1.82, 2.24) is 4.90 Å². The predicted molar refractivity (Wildman–Crippen MR) is 54.5 cm³/mol. The van der Waals surface area contributed by atoms with Crippen molar-refractivity contribution in [2.75, 3.05) is 6.61 Å². The van der Waals surface area contributed by atoms with Crippen LogP contribution in [0.3, 0.4) is 0 Å². The lowest BCUT2D eigenvalue weighted by atomic mass is 9.90. The molecule has 2 bridgehead atoms. The van der Waals surface area contributed by atoms with Gasteiger partial charge in [0.05, 0.1) is 6.61 Å². The fourth-order valence-corrected chi connectivity index (χ4v) is 2.89. The summed E-state index contributed by atoms with van der Waals surface area (Å²) in [5.74, 6) is 0. The second kappa shape index (κ2) is 3.83. The van der Waals surface area contributed by atoms with E-state index in [2.05, 4.69) is 0 Å². The molecule has 4 heteroatoms. The maximum absolute atomic E-state index is 11.8. The third kappa shape index (κ3) is 1.52. The molecular weight excluding hydrogens is 194 g/mol. The van der Waals surface area contributed by atoms with E-state index in [-0.39, 0.29) is 12.1 Å².